The zero-order chi connectivity index (χ0) is 13.5. The number of rotatable bonds is 4. The van der Waals surface area contributed by atoms with E-state index in [1.165, 1.54) is 38.5 Å². The molecular weight excluding hydrogens is 239 g/mol. The van der Waals surface area contributed by atoms with Gasteiger partial charge in [0.25, 0.3) is 0 Å². The van der Waals surface area contributed by atoms with Crippen molar-refractivity contribution in [1.29, 1.82) is 0 Å². The van der Waals surface area contributed by atoms with Crippen molar-refractivity contribution < 1.29 is 9.50 Å². The van der Waals surface area contributed by atoms with Gasteiger partial charge in [-0.25, -0.2) is 4.39 Å². The van der Waals surface area contributed by atoms with Crippen LogP contribution < -0.4 is 0 Å². The van der Waals surface area contributed by atoms with Gasteiger partial charge in [0.15, 0.2) is 0 Å². The number of aliphatic hydroxyl groups excluding tert-OH is 1. The second-order valence-electron chi connectivity index (χ2n) is 6.21. The predicted octanol–water partition coefficient (Wildman–Crippen LogP) is 4.43. The molecule has 0 aromatic rings. The van der Waals surface area contributed by atoms with Gasteiger partial charge in [0.2, 0.25) is 0 Å². The van der Waals surface area contributed by atoms with E-state index < -0.39 is 0 Å². The summed E-state index contributed by atoms with van der Waals surface area (Å²) in [6.07, 6.45) is 17.3. The maximum Gasteiger partial charge on any atom is 0.108 e. The Labute approximate surface area is 116 Å². The normalized spacial score (nSPS) is 37.2. The van der Waals surface area contributed by atoms with E-state index in [-0.39, 0.29) is 12.8 Å². The minimum Gasteiger partial charge on any atom is -0.393 e. The van der Waals surface area contributed by atoms with Crippen LogP contribution in [0.1, 0.15) is 51.4 Å². The Kier molecular flexibility index (Phi) is 6.09. The molecule has 0 aliphatic heterocycles. The first kappa shape index (κ1) is 14.8. The molecule has 2 saturated carbocycles. The molecule has 2 aliphatic carbocycles. The lowest BCUT2D eigenvalue weighted by Gasteiger charge is -2.36. The largest absolute Gasteiger partial charge is 0.393 e. The highest BCUT2D eigenvalue weighted by Crippen LogP contribution is 2.40. The van der Waals surface area contributed by atoms with Crippen LogP contribution in [0, 0.1) is 17.8 Å². The van der Waals surface area contributed by atoms with E-state index in [2.05, 4.69) is 6.08 Å². The van der Waals surface area contributed by atoms with Crippen LogP contribution in [-0.2, 0) is 0 Å². The second kappa shape index (κ2) is 7.84. The van der Waals surface area contributed by atoms with E-state index in [1.54, 1.807) is 6.08 Å². The smallest absolute Gasteiger partial charge is 0.108 e. The van der Waals surface area contributed by atoms with E-state index in [0.717, 1.165) is 24.7 Å². The fourth-order valence-corrected chi connectivity index (χ4v) is 3.73. The standard InChI is InChI=1S/C17H27FO/c18-13-3-1-2-4-14-5-7-15(8-6-14)16-9-11-17(19)12-10-16/h1-4,14-17,19H,5-13H2/b3-1+,4-2+. The van der Waals surface area contributed by atoms with Crippen molar-refractivity contribution in [1.82, 2.24) is 0 Å². The number of hydrogen-bond acceptors (Lipinski definition) is 1. The van der Waals surface area contributed by atoms with Crippen LogP contribution in [0.15, 0.2) is 24.3 Å². The van der Waals surface area contributed by atoms with E-state index in [1.807, 2.05) is 12.2 Å². The molecular formula is C17H27FO. The first-order valence-electron chi connectivity index (χ1n) is 7.87. The molecule has 2 fully saturated rings. The van der Waals surface area contributed by atoms with Gasteiger partial charge in [-0.05, 0) is 69.1 Å². The summed E-state index contributed by atoms with van der Waals surface area (Å²) in [4.78, 5) is 0. The molecule has 0 bridgehead atoms. The van der Waals surface area contributed by atoms with Crippen LogP contribution in [0.25, 0.3) is 0 Å². The van der Waals surface area contributed by atoms with Crippen LogP contribution >= 0.6 is 0 Å². The minimum atomic E-state index is -0.370. The summed E-state index contributed by atoms with van der Waals surface area (Å²) in [5, 5.41) is 9.57. The molecule has 0 aromatic heterocycles. The summed E-state index contributed by atoms with van der Waals surface area (Å²) >= 11 is 0. The molecule has 0 unspecified atom stereocenters. The number of hydrogen-bond donors (Lipinski definition) is 1. The molecule has 0 radical (unpaired) electrons. The molecule has 2 heteroatoms. The van der Waals surface area contributed by atoms with Gasteiger partial charge in [-0.15, -0.1) is 0 Å². The van der Waals surface area contributed by atoms with Crippen LogP contribution in [0.3, 0.4) is 0 Å². The monoisotopic (exact) mass is 266 g/mol. The third-order valence-electron chi connectivity index (χ3n) is 4.94. The molecule has 0 aromatic carbocycles. The molecule has 1 nitrogen and oxygen atoms in total. The summed E-state index contributed by atoms with van der Waals surface area (Å²) in [5.41, 5.74) is 0. The molecule has 19 heavy (non-hydrogen) atoms. The van der Waals surface area contributed by atoms with Crippen molar-refractivity contribution in [2.24, 2.45) is 17.8 Å². The van der Waals surface area contributed by atoms with Crippen LogP contribution in [0.2, 0.25) is 0 Å². The van der Waals surface area contributed by atoms with Crippen molar-refractivity contribution in [3.8, 4) is 0 Å². The Morgan fingerprint density at radius 1 is 0.842 bits per heavy atom. The van der Waals surface area contributed by atoms with E-state index in [0.29, 0.717) is 5.92 Å². The number of alkyl halides is 1. The Hall–Kier alpha value is -0.630. The number of aliphatic hydroxyl groups is 1. The second-order valence-corrected chi connectivity index (χ2v) is 6.21. The van der Waals surface area contributed by atoms with Crippen molar-refractivity contribution in [2.45, 2.75) is 57.5 Å². The lowest BCUT2D eigenvalue weighted by atomic mass is 9.70. The van der Waals surface area contributed by atoms with Gasteiger partial charge in [-0.1, -0.05) is 24.3 Å². The third-order valence-corrected chi connectivity index (χ3v) is 4.94. The summed E-state index contributed by atoms with van der Waals surface area (Å²) in [7, 11) is 0. The maximum atomic E-state index is 11.9. The SMILES string of the molecule is OC1CCC(C2CCC(/C=C/C=C/CF)CC2)CC1. The topological polar surface area (TPSA) is 20.2 Å². The summed E-state index contributed by atoms with van der Waals surface area (Å²) in [6, 6.07) is 0. The molecule has 2 rings (SSSR count). The maximum absolute atomic E-state index is 11.9. The highest BCUT2D eigenvalue weighted by molar-refractivity contribution is 5.05. The summed E-state index contributed by atoms with van der Waals surface area (Å²) in [5.74, 6) is 2.44. The Morgan fingerprint density at radius 3 is 2.00 bits per heavy atom. The fraction of sp³-hybridized carbons (Fsp3) is 0.765. The lowest BCUT2D eigenvalue weighted by Crippen LogP contribution is -2.27. The van der Waals surface area contributed by atoms with Gasteiger partial charge in [0.1, 0.15) is 6.67 Å². The van der Waals surface area contributed by atoms with Crippen LogP contribution in [-0.4, -0.2) is 17.9 Å². The molecule has 0 saturated heterocycles. The van der Waals surface area contributed by atoms with Crippen molar-refractivity contribution >= 4 is 0 Å². The Bertz CT molecular complexity index is 294. The van der Waals surface area contributed by atoms with Gasteiger partial charge in [0.05, 0.1) is 6.10 Å². The highest BCUT2D eigenvalue weighted by Gasteiger charge is 2.29. The predicted molar refractivity (Wildman–Crippen MR) is 77.7 cm³/mol. The van der Waals surface area contributed by atoms with Crippen molar-refractivity contribution in [2.75, 3.05) is 6.67 Å². The van der Waals surface area contributed by atoms with Crippen LogP contribution in [0.4, 0.5) is 4.39 Å². The van der Waals surface area contributed by atoms with Gasteiger partial charge < -0.3 is 5.11 Å². The molecule has 0 atom stereocenters. The first-order valence-corrected chi connectivity index (χ1v) is 7.87. The third kappa shape index (κ3) is 4.76. The number of halogens is 1. The molecule has 0 spiro atoms. The fourth-order valence-electron chi connectivity index (χ4n) is 3.73. The lowest BCUT2D eigenvalue weighted by molar-refractivity contribution is 0.0793. The van der Waals surface area contributed by atoms with Crippen molar-refractivity contribution in [3.05, 3.63) is 24.3 Å². The van der Waals surface area contributed by atoms with Gasteiger partial charge in [-0.2, -0.15) is 0 Å². The Balaban J connectivity index is 1.70. The Morgan fingerprint density at radius 2 is 1.42 bits per heavy atom. The van der Waals surface area contributed by atoms with Crippen molar-refractivity contribution in [3.63, 3.8) is 0 Å². The molecule has 108 valence electrons. The zero-order valence-corrected chi connectivity index (χ0v) is 11.8. The van der Waals surface area contributed by atoms with Gasteiger partial charge >= 0.3 is 0 Å². The number of allylic oxidation sites excluding steroid dienone is 4. The van der Waals surface area contributed by atoms with E-state index in [9.17, 15) is 9.50 Å². The first-order chi connectivity index (χ1) is 9.29. The van der Waals surface area contributed by atoms with E-state index in [4.69, 9.17) is 0 Å². The molecule has 0 heterocycles. The highest BCUT2D eigenvalue weighted by atomic mass is 19.1. The molecule has 0 amide bonds. The quantitative estimate of drug-likeness (QED) is 0.746. The van der Waals surface area contributed by atoms with Crippen LogP contribution in [0.5, 0.6) is 0 Å². The average molecular weight is 266 g/mol. The minimum absolute atomic E-state index is 0.0298. The van der Waals surface area contributed by atoms with E-state index >= 15 is 0 Å². The zero-order valence-electron chi connectivity index (χ0n) is 11.8. The van der Waals surface area contributed by atoms with Gasteiger partial charge in [-0.3, -0.25) is 0 Å². The van der Waals surface area contributed by atoms with Gasteiger partial charge in [0, 0.05) is 0 Å². The molecule has 1 N–H and O–H groups in total. The summed E-state index contributed by atoms with van der Waals surface area (Å²) in [6.45, 7) is -0.370. The average Bonchev–Trinajstić information content (AvgIpc) is 2.45. The molecule has 2 aliphatic rings. The summed E-state index contributed by atoms with van der Waals surface area (Å²) < 4.78 is 11.9.